The van der Waals surface area contributed by atoms with E-state index in [-0.39, 0.29) is 35.7 Å². The maximum absolute atomic E-state index is 13.9. The average Bonchev–Trinajstić information content (AvgIpc) is 3.19. The minimum atomic E-state index is -0.476. The van der Waals surface area contributed by atoms with Crippen molar-refractivity contribution < 1.29 is 14.4 Å². The maximum Gasteiger partial charge on any atom is 0.251 e. The Kier molecular flexibility index (Phi) is 10.8. The van der Waals surface area contributed by atoms with E-state index in [2.05, 4.69) is 35.0 Å². The van der Waals surface area contributed by atoms with Gasteiger partial charge in [-0.25, -0.2) is 0 Å². The van der Waals surface area contributed by atoms with Crippen LogP contribution in [0.5, 0.6) is 0 Å². The van der Waals surface area contributed by atoms with Crippen LogP contribution >= 0.6 is 0 Å². The molecule has 1 saturated carbocycles. The summed E-state index contributed by atoms with van der Waals surface area (Å²) in [6, 6.07) is 23.8. The van der Waals surface area contributed by atoms with Gasteiger partial charge in [0.1, 0.15) is 0 Å². The summed E-state index contributed by atoms with van der Waals surface area (Å²) >= 11 is 0. The summed E-state index contributed by atoms with van der Waals surface area (Å²) in [5.41, 5.74) is 1.85. The minimum Gasteiger partial charge on any atom is -0.353 e. The second-order valence-electron chi connectivity index (χ2n) is 12.2. The number of hydrogen-bond donors (Lipinski definition) is 3. The van der Waals surface area contributed by atoms with E-state index in [9.17, 15) is 14.4 Å². The number of nitrogens with one attached hydrogen (secondary N) is 3. The molecule has 1 aliphatic carbocycles. The number of fused-ring (bicyclic) bond motifs is 1. The summed E-state index contributed by atoms with van der Waals surface area (Å²) in [4.78, 5) is 41.8. The zero-order valence-corrected chi connectivity index (χ0v) is 25.4. The number of amides is 3. The van der Waals surface area contributed by atoms with Gasteiger partial charge in [-0.15, -0.1) is 0 Å². The molecule has 7 heteroatoms. The van der Waals surface area contributed by atoms with Crippen molar-refractivity contribution in [3.05, 3.63) is 83.9 Å². The number of nitrogens with zero attached hydrogens (tertiary/aromatic N) is 1. The van der Waals surface area contributed by atoms with E-state index in [0.29, 0.717) is 38.0 Å². The lowest BCUT2D eigenvalue weighted by molar-refractivity contribution is -0.133. The van der Waals surface area contributed by atoms with E-state index in [4.69, 9.17) is 0 Å². The molecule has 2 aliphatic rings. The smallest absolute Gasteiger partial charge is 0.251 e. The van der Waals surface area contributed by atoms with Crippen molar-refractivity contribution in [1.82, 2.24) is 20.9 Å². The summed E-state index contributed by atoms with van der Waals surface area (Å²) in [7, 11) is 0. The highest BCUT2D eigenvalue weighted by atomic mass is 16.2. The zero-order chi connectivity index (χ0) is 30.0. The third kappa shape index (κ3) is 8.44. The van der Waals surface area contributed by atoms with Gasteiger partial charge >= 0.3 is 0 Å². The molecular formula is C36H46N4O3. The predicted molar refractivity (Wildman–Crippen MR) is 172 cm³/mol. The van der Waals surface area contributed by atoms with Crippen molar-refractivity contribution in [3.8, 4) is 0 Å². The van der Waals surface area contributed by atoms with Crippen LogP contribution in [-0.4, -0.2) is 60.4 Å². The first-order valence-corrected chi connectivity index (χ1v) is 16.2. The van der Waals surface area contributed by atoms with Crippen LogP contribution in [0.1, 0.15) is 86.6 Å². The molecule has 3 amide bonds. The number of rotatable bonds is 11. The van der Waals surface area contributed by atoms with E-state index in [1.54, 1.807) is 0 Å². The van der Waals surface area contributed by atoms with Crippen LogP contribution in [-0.2, 0) is 9.59 Å². The molecule has 0 aromatic heterocycles. The molecule has 1 saturated heterocycles. The van der Waals surface area contributed by atoms with Gasteiger partial charge in [0.25, 0.3) is 5.91 Å². The first-order chi connectivity index (χ1) is 21.0. The second kappa shape index (κ2) is 15.1. The summed E-state index contributed by atoms with van der Waals surface area (Å²) in [5, 5.41) is 12.0. The summed E-state index contributed by atoms with van der Waals surface area (Å²) in [6.45, 7) is 3.82. The normalized spacial score (nSPS) is 20.4. The van der Waals surface area contributed by atoms with Crippen LogP contribution in [0, 0.1) is 0 Å². The topological polar surface area (TPSA) is 90.5 Å². The van der Waals surface area contributed by atoms with E-state index >= 15 is 0 Å². The van der Waals surface area contributed by atoms with Crippen molar-refractivity contribution in [2.45, 2.75) is 88.8 Å². The Bertz CT molecular complexity index is 1370. The lowest BCUT2D eigenvalue weighted by Crippen LogP contribution is -2.49. The number of hydrogen-bond acceptors (Lipinski definition) is 4. The number of carbonyl (C=O) groups is 3. The molecular weight excluding hydrogens is 536 g/mol. The molecule has 3 unspecified atom stereocenters. The number of carbonyl (C=O) groups excluding carboxylic acids is 3. The molecule has 3 aromatic rings. The minimum absolute atomic E-state index is 0.0224. The van der Waals surface area contributed by atoms with E-state index in [1.807, 2.05) is 65.6 Å². The highest BCUT2D eigenvalue weighted by molar-refractivity contribution is 5.98. The Balaban J connectivity index is 1.24. The molecule has 2 fully saturated rings. The SMILES string of the molecule is CCC(CN1CCC(CNC(=O)c2ccc3ccccc3c2)NC(CCC(=O)NC2CCCCC2)C1=O)c1ccccc1. The fraction of sp³-hybridized carbons (Fsp3) is 0.472. The first-order valence-electron chi connectivity index (χ1n) is 16.2. The molecule has 1 aliphatic heterocycles. The Labute approximate surface area is 255 Å². The third-order valence-electron chi connectivity index (χ3n) is 9.15. The molecule has 0 radical (unpaired) electrons. The monoisotopic (exact) mass is 582 g/mol. The Morgan fingerprint density at radius 1 is 0.930 bits per heavy atom. The van der Waals surface area contributed by atoms with Crippen molar-refractivity contribution in [3.63, 3.8) is 0 Å². The van der Waals surface area contributed by atoms with Crippen molar-refractivity contribution in [2.24, 2.45) is 0 Å². The number of benzene rings is 3. The standard InChI is InChI=1S/C36H46N4O3/c1-2-26(27-11-5-3-6-12-27)25-40-22-21-32(24-37-35(42)30-18-17-28-13-9-10-14-29(28)23-30)38-33(36(40)43)19-20-34(41)39-31-15-7-4-8-16-31/h3,5-6,9-14,17-18,23,26,31-33,38H,2,4,7-8,15-16,19-22,24-25H2,1H3,(H,37,42)(H,39,41). The third-order valence-corrected chi connectivity index (χ3v) is 9.15. The van der Waals surface area contributed by atoms with Gasteiger partial charge < -0.3 is 20.9 Å². The molecule has 5 rings (SSSR count). The molecule has 3 aromatic carbocycles. The van der Waals surface area contributed by atoms with Crippen LogP contribution in [0.4, 0.5) is 0 Å². The highest BCUT2D eigenvalue weighted by Crippen LogP contribution is 2.23. The predicted octanol–water partition coefficient (Wildman–Crippen LogP) is 5.55. The van der Waals surface area contributed by atoms with E-state index in [1.165, 1.54) is 12.0 Å². The van der Waals surface area contributed by atoms with E-state index in [0.717, 1.165) is 49.3 Å². The lowest BCUT2D eigenvalue weighted by Gasteiger charge is -2.29. The molecule has 7 nitrogen and oxygen atoms in total. The Morgan fingerprint density at radius 2 is 1.67 bits per heavy atom. The quantitative estimate of drug-likeness (QED) is 0.277. The largest absolute Gasteiger partial charge is 0.353 e. The molecule has 0 spiro atoms. The van der Waals surface area contributed by atoms with Gasteiger partial charge in [-0.05, 0) is 60.6 Å². The van der Waals surface area contributed by atoms with Gasteiger partial charge in [0.2, 0.25) is 11.8 Å². The first kappa shape index (κ1) is 30.7. The van der Waals surface area contributed by atoms with Gasteiger partial charge in [0.05, 0.1) is 6.04 Å². The summed E-state index contributed by atoms with van der Waals surface area (Å²) < 4.78 is 0. The van der Waals surface area contributed by atoms with Crippen molar-refractivity contribution in [2.75, 3.05) is 19.6 Å². The van der Waals surface area contributed by atoms with Gasteiger partial charge in [0.15, 0.2) is 0 Å². The van der Waals surface area contributed by atoms with Crippen LogP contribution in [0.3, 0.4) is 0 Å². The van der Waals surface area contributed by atoms with Crippen LogP contribution in [0.15, 0.2) is 72.8 Å². The van der Waals surface area contributed by atoms with Crippen LogP contribution in [0.2, 0.25) is 0 Å². The molecule has 3 atom stereocenters. The van der Waals surface area contributed by atoms with Gasteiger partial charge in [-0.3, -0.25) is 14.4 Å². The molecule has 3 N–H and O–H groups in total. The fourth-order valence-electron chi connectivity index (χ4n) is 6.56. The van der Waals surface area contributed by atoms with Gasteiger partial charge in [0, 0.05) is 49.6 Å². The lowest BCUT2D eigenvalue weighted by atomic mass is 9.95. The molecule has 1 heterocycles. The van der Waals surface area contributed by atoms with Crippen molar-refractivity contribution in [1.29, 1.82) is 0 Å². The van der Waals surface area contributed by atoms with Crippen molar-refractivity contribution >= 4 is 28.5 Å². The fourth-order valence-corrected chi connectivity index (χ4v) is 6.56. The molecule has 43 heavy (non-hydrogen) atoms. The molecule has 0 bridgehead atoms. The Hall–Kier alpha value is -3.71. The average molecular weight is 583 g/mol. The van der Waals surface area contributed by atoms with Gasteiger partial charge in [-0.1, -0.05) is 86.8 Å². The molecule has 228 valence electrons. The highest BCUT2D eigenvalue weighted by Gasteiger charge is 2.32. The second-order valence-corrected chi connectivity index (χ2v) is 12.2. The zero-order valence-electron chi connectivity index (χ0n) is 25.4. The van der Waals surface area contributed by atoms with Gasteiger partial charge in [-0.2, -0.15) is 0 Å². The van der Waals surface area contributed by atoms with E-state index < -0.39 is 6.04 Å². The van der Waals surface area contributed by atoms with Crippen LogP contribution in [0.25, 0.3) is 10.8 Å². The Morgan fingerprint density at radius 3 is 2.44 bits per heavy atom. The van der Waals surface area contributed by atoms with Crippen LogP contribution < -0.4 is 16.0 Å². The summed E-state index contributed by atoms with van der Waals surface area (Å²) in [5.74, 6) is 0.181. The maximum atomic E-state index is 13.9. The summed E-state index contributed by atoms with van der Waals surface area (Å²) in [6.07, 6.45) is 8.03.